The quantitative estimate of drug-likeness (QED) is 0.556. The molecule has 0 unspecified atom stereocenters. The van der Waals surface area contributed by atoms with Crippen LogP contribution in [0.1, 0.15) is 44.1 Å². The summed E-state index contributed by atoms with van der Waals surface area (Å²) in [5, 5.41) is 3.40. The molecule has 2 aliphatic heterocycles. The maximum atomic E-state index is 12.9. The number of nitrogens with one attached hydrogen (secondary N) is 1. The molecule has 11 heteroatoms. The zero-order chi connectivity index (χ0) is 25.8. The van der Waals surface area contributed by atoms with Crippen molar-refractivity contribution in [1.82, 2.24) is 8.61 Å². The fourth-order valence-corrected chi connectivity index (χ4v) is 7.87. The van der Waals surface area contributed by atoms with Gasteiger partial charge in [0.1, 0.15) is 0 Å². The molecule has 2 aliphatic rings. The number of anilines is 1. The number of piperidine rings is 1. The molecule has 2 aromatic rings. The molecule has 196 valence electrons. The van der Waals surface area contributed by atoms with Crippen molar-refractivity contribution in [2.45, 2.75) is 49.2 Å². The Morgan fingerprint density at radius 1 is 0.806 bits per heavy atom. The minimum atomic E-state index is -3.54. The molecule has 8 nitrogen and oxygen atoms in total. The third kappa shape index (κ3) is 6.66. The van der Waals surface area contributed by atoms with E-state index in [9.17, 15) is 21.6 Å². The molecule has 0 radical (unpaired) electrons. The summed E-state index contributed by atoms with van der Waals surface area (Å²) >= 11 is 5.87. The molecule has 0 saturated carbocycles. The summed E-state index contributed by atoms with van der Waals surface area (Å²) in [7, 11) is -7.03. The second kappa shape index (κ2) is 11.6. The highest BCUT2D eigenvalue weighted by atomic mass is 35.5. The van der Waals surface area contributed by atoms with Crippen LogP contribution in [0, 0.1) is 5.92 Å². The van der Waals surface area contributed by atoms with Crippen LogP contribution in [0.3, 0.4) is 0 Å². The molecule has 0 bridgehead atoms. The van der Waals surface area contributed by atoms with Crippen LogP contribution in [-0.4, -0.2) is 57.5 Å². The van der Waals surface area contributed by atoms with E-state index < -0.39 is 20.0 Å². The molecule has 4 rings (SSSR count). The summed E-state index contributed by atoms with van der Waals surface area (Å²) in [6, 6.07) is 13.0. The predicted molar refractivity (Wildman–Crippen MR) is 141 cm³/mol. The first-order valence-electron chi connectivity index (χ1n) is 12.3. The lowest BCUT2D eigenvalue weighted by molar-refractivity contribution is -0.120. The Kier molecular flexibility index (Phi) is 8.72. The van der Waals surface area contributed by atoms with E-state index in [0.29, 0.717) is 42.2 Å². The first-order valence-corrected chi connectivity index (χ1v) is 15.7. The zero-order valence-corrected chi connectivity index (χ0v) is 22.5. The Morgan fingerprint density at radius 3 is 1.97 bits per heavy atom. The van der Waals surface area contributed by atoms with E-state index in [1.165, 1.54) is 16.4 Å². The fourth-order valence-electron chi connectivity index (χ4n) is 4.66. The van der Waals surface area contributed by atoms with Gasteiger partial charge in [0, 0.05) is 42.8 Å². The van der Waals surface area contributed by atoms with Crippen molar-refractivity contribution >= 4 is 43.2 Å². The van der Waals surface area contributed by atoms with Crippen LogP contribution in [0.2, 0.25) is 5.02 Å². The van der Waals surface area contributed by atoms with Crippen LogP contribution >= 0.6 is 11.6 Å². The van der Waals surface area contributed by atoms with Crippen molar-refractivity contribution in [3.8, 4) is 0 Å². The molecule has 0 aromatic heterocycles. The summed E-state index contributed by atoms with van der Waals surface area (Å²) in [4.78, 5) is 13.0. The zero-order valence-electron chi connectivity index (χ0n) is 20.1. The number of carbonyl (C=O) groups excluding carboxylic acids is 1. The minimum absolute atomic E-state index is 0.103. The summed E-state index contributed by atoms with van der Waals surface area (Å²) < 4.78 is 54.5. The van der Waals surface area contributed by atoms with Gasteiger partial charge in [0.25, 0.3) is 0 Å². The summed E-state index contributed by atoms with van der Waals surface area (Å²) in [6.07, 6.45) is 4.68. The molecule has 0 spiro atoms. The van der Waals surface area contributed by atoms with Crippen LogP contribution in [0.4, 0.5) is 5.69 Å². The minimum Gasteiger partial charge on any atom is -0.326 e. The highest BCUT2D eigenvalue weighted by Gasteiger charge is 2.31. The average molecular weight is 554 g/mol. The summed E-state index contributed by atoms with van der Waals surface area (Å²) in [5.74, 6) is -0.603. The lowest BCUT2D eigenvalue weighted by Gasteiger charge is -2.30. The van der Waals surface area contributed by atoms with E-state index in [0.717, 1.165) is 25.7 Å². The number of hydrogen-bond donors (Lipinski definition) is 1. The maximum absolute atomic E-state index is 12.9. The molecular weight excluding hydrogens is 522 g/mol. The number of benzene rings is 2. The van der Waals surface area contributed by atoms with Crippen LogP contribution < -0.4 is 5.32 Å². The highest BCUT2D eigenvalue weighted by Crippen LogP contribution is 2.25. The first-order chi connectivity index (χ1) is 17.1. The largest absolute Gasteiger partial charge is 0.326 e. The van der Waals surface area contributed by atoms with E-state index in [1.807, 2.05) is 0 Å². The Labute approximate surface area is 218 Å². The molecule has 2 heterocycles. The van der Waals surface area contributed by atoms with E-state index >= 15 is 0 Å². The normalized spacial score (nSPS) is 19.0. The number of rotatable bonds is 7. The molecule has 1 N–H and O–H groups in total. The van der Waals surface area contributed by atoms with E-state index in [4.69, 9.17) is 11.6 Å². The molecule has 2 aromatic carbocycles. The van der Waals surface area contributed by atoms with Crippen LogP contribution in [0.25, 0.3) is 0 Å². The third-order valence-corrected chi connectivity index (χ3v) is 10.8. The molecule has 36 heavy (non-hydrogen) atoms. The van der Waals surface area contributed by atoms with Gasteiger partial charge in [-0.25, -0.2) is 21.1 Å². The average Bonchev–Trinajstić information content (AvgIpc) is 3.16. The predicted octanol–water partition coefficient (Wildman–Crippen LogP) is 4.09. The van der Waals surface area contributed by atoms with Crippen molar-refractivity contribution in [1.29, 1.82) is 0 Å². The van der Waals surface area contributed by atoms with Gasteiger partial charge >= 0.3 is 0 Å². The van der Waals surface area contributed by atoms with Crippen molar-refractivity contribution in [3.05, 3.63) is 59.1 Å². The molecule has 1 amide bonds. The Morgan fingerprint density at radius 2 is 1.39 bits per heavy atom. The Bertz CT molecular complexity index is 1250. The third-order valence-electron chi connectivity index (χ3n) is 6.81. The number of halogens is 1. The summed E-state index contributed by atoms with van der Waals surface area (Å²) in [5.41, 5.74) is 1.19. The lowest BCUT2D eigenvalue weighted by Crippen LogP contribution is -2.41. The van der Waals surface area contributed by atoms with Crippen molar-refractivity contribution < 1.29 is 21.6 Å². The van der Waals surface area contributed by atoms with Gasteiger partial charge in [0.05, 0.1) is 10.6 Å². The van der Waals surface area contributed by atoms with Crippen LogP contribution in [-0.2, 0) is 30.6 Å². The highest BCUT2D eigenvalue weighted by molar-refractivity contribution is 7.89. The maximum Gasteiger partial charge on any atom is 0.243 e. The lowest BCUT2D eigenvalue weighted by atomic mass is 9.97. The van der Waals surface area contributed by atoms with Gasteiger partial charge < -0.3 is 5.32 Å². The van der Waals surface area contributed by atoms with Gasteiger partial charge in [-0.2, -0.15) is 4.31 Å². The first kappa shape index (κ1) is 27.1. The molecule has 0 aliphatic carbocycles. The number of amides is 1. The van der Waals surface area contributed by atoms with Crippen molar-refractivity contribution in [2.24, 2.45) is 5.92 Å². The number of carbonyl (C=O) groups is 1. The molecular formula is C25H32ClN3O5S2. The Balaban J connectivity index is 1.30. The van der Waals surface area contributed by atoms with Gasteiger partial charge in [-0.1, -0.05) is 36.6 Å². The molecule has 2 fully saturated rings. The SMILES string of the molecule is O=C(Nc1ccc(S(=O)(=O)N2CCCCCC2)cc1)C1CCN(S(=O)(=O)Cc2ccc(Cl)cc2)CC1. The second-order valence-corrected chi connectivity index (χ2v) is 13.7. The smallest absolute Gasteiger partial charge is 0.243 e. The van der Waals surface area contributed by atoms with Gasteiger partial charge in [-0.05, 0) is 67.6 Å². The standard InChI is InChI=1S/C25H32ClN3O5S2/c26-22-7-5-20(6-8-22)19-35(31,32)28-17-13-21(14-18-28)25(30)27-23-9-11-24(12-10-23)36(33,34)29-15-3-1-2-4-16-29/h5-12,21H,1-4,13-19H2,(H,27,30). The number of hydrogen-bond acceptors (Lipinski definition) is 5. The van der Waals surface area contributed by atoms with E-state index in [1.54, 1.807) is 40.7 Å². The van der Waals surface area contributed by atoms with Gasteiger partial charge in [0.2, 0.25) is 26.0 Å². The van der Waals surface area contributed by atoms with Crippen LogP contribution in [0.15, 0.2) is 53.4 Å². The van der Waals surface area contributed by atoms with Gasteiger partial charge in [-0.3, -0.25) is 4.79 Å². The van der Waals surface area contributed by atoms with Crippen LogP contribution in [0.5, 0.6) is 0 Å². The fraction of sp³-hybridized carbons (Fsp3) is 0.480. The van der Waals surface area contributed by atoms with Crippen molar-refractivity contribution in [3.63, 3.8) is 0 Å². The second-order valence-electron chi connectivity index (χ2n) is 9.39. The van der Waals surface area contributed by atoms with Gasteiger partial charge in [0.15, 0.2) is 0 Å². The van der Waals surface area contributed by atoms with E-state index in [-0.39, 0.29) is 35.6 Å². The Hall–Kier alpha value is -1.98. The van der Waals surface area contributed by atoms with E-state index in [2.05, 4.69) is 5.32 Å². The molecule has 0 atom stereocenters. The van der Waals surface area contributed by atoms with Gasteiger partial charge in [-0.15, -0.1) is 0 Å². The number of sulfonamides is 2. The number of nitrogens with zero attached hydrogens (tertiary/aromatic N) is 2. The monoisotopic (exact) mass is 553 g/mol. The molecule has 2 saturated heterocycles. The summed E-state index contributed by atoms with van der Waals surface area (Å²) in [6.45, 7) is 1.63. The topological polar surface area (TPSA) is 104 Å². The van der Waals surface area contributed by atoms with Crippen molar-refractivity contribution in [2.75, 3.05) is 31.5 Å².